The minimum Gasteiger partial charge on any atom is -0.493 e. The van der Waals surface area contributed by atoms with E-state index in [9.17, 15) is 14.0 Å². The van der Waals surface area contributed by atoms with Crippen LogP contribution in [0.2, 0.25) is 0 Å². The maximum Gasteiger partial charge on any atom is 0.246 e. The molecule has 1 aromatic heterocycles. The van der Waals surface area contributed by atoms with Crippen molar-refractivity contribution in [2.45, 2.75) is 25.0 Å². The second-order valence-corrected chi connectivity index (χ2v) is 8.83. The van der Waals surface area contributed by atoms with Gasteiger partial charge < -0.3 is 25.4 Å². The van der Waals surface area contributed by atoms with Gasteiger partial charge in [-0.15, -0.1) is 0 Å². The van der Waals surface area contributed by atoms with Gasteiger partial charge in [0, 0.05) is 35.3 Å². The van der Waals surface area contributed by atoms with Crippen LogP contribution in [0.4, 0.5) is 15.9 Å². The monoisotopic (exact) mass is 543 g/mol. The summed E-state index contributed by atoms with van der Waals surface area (Å²) in [5.41, 5.74) is 6.35. The molecule has 1 fully saturated rings. The van der Waals surface area contributed by atoms with Gasteiger partial charge in [0.15, 0.2) is 11.5 Å². The Morgan fingerprint density at radius 2 is 2.09 bits per heavy atom. The maximum absolute atomic E-state index is 14.4. The summed E-state index contributed by atoms with van der Waals surface area (Å²) < 4.78 is 26.7. The van der Waals surface area contributed by atoms with Crippen LogP contribution in [0.5, 0.6) is 11.5 Å². The van der Waals surface area contributed by atoms with Crippen LogP contribution in [0.15, 0.2) is 53.8 Å². The summed E-state index contributed by atoms with van der Waals surface area (Å²) in [5, 5.41) is 3.58. The van der Waals surface area contributed by atoms with Gasteiger partial charge in [0.05, 0.1) is 18.3 Å². The lowest BCUT2D eigenvalue weighted by Crippen LogP contribution is -2.54. The number of hydrogen-bond donors (Lipinski definition) is 2. The number of rotatable bonds is 7. The number of likely N-dealkylation sites (tertiary alicyclic amines) is 1. The summed E-state index contributed by atoms with van der Waals surface area (Å²) in [4.78, 5) is 34.1. The number of benzene rings is 2. The van der Waals surface area contributed by atoms with E-state index in [1.54, 1.807) is 24.3 Å². The first-order valence-corrected chi connectivity index (χ1v) is 11.5. The Kier molecular flexibility index (Phi) is 7.15. The molecule has 2 atom stereocenters. The average molecular weight is 544 g/mol. The molecule has 35 heavy (non-hydrogen) atoms. The number of ether oxygens (including phenoxy) is 2. The van der Waals surface area contributed by atoms with Crippen molar-refractivity contribution in [2.24, 2.45) is 5.73 Å². The van der Waals surface area contributed by atoms with Gasteiger partial charge in [-0.05, 0) is 30.3 Å². The third-order valence-electron chi connectivity index (χ3n) is 5.74. The standard InChI is InChI=1S/C24H23BrFN5O4/c1-3-22(32)31-7-6-14(9-19(31)23(27)33)35-21-10-15-18(11-20(21)34-2)28-12-29-24(15)30-17-5-4-13(25)8-16(17)26/h3-5,8,10-12,14,19H,1,6-7,9H2,2H3,(H2,27,33)(H,28,29,30). The molecule has 0 bridgehead atoms. The number of fused-ring (bicyclic) bond motifs is 1. The number of amides is 2. The third-order valence-corrected chi connectivity index (χ3v) is 6.23. The average Bonchev–Trinajstić information content (AvgIpc) is 2.85. The number of carbonyl (C=O) groups is 2. The van der Waals surface area contributed by atoms with E-state index in [0.717, 1.165) is 6.08 Å². The van der Waals surface area contributed by atoms with E-state index in [4.69, 9.17) is 15.2 Å². The maximum atomic E-state index is 14.4. The molecular weight excluding hydrogens is 521 g/mol. The number of primary amides is 1. The number of carbonyl (C=O) groups excluding carboxylic acids is 2. The van der Waals surface area contributed by atoms with Crippen molar-refractivity contribution >= 4 is 50.2 Å². The van der Waals surface area contributed by atoms with Crippen molar-refractivity contribution in [2.75, 3.05) is 19.0 Å². The molecule has 2 aromatic carbocycles. The second-order valence-electron chi connectivity index (χ2n) is 7.91. The SMILES string of the molecule is C=CC(=O)N1CCC(Oc2cc3c(Nc4ccc(Br)cc4F)ncnc3cc2OC)CC1C(N)=O. The normalized spacial score (nSPS) is 17.6. The molecule has 1 saturated heterocycles. The lowest BCUT2D eigenvalue weighted by molar-refractivity contribution is -0.139. The highest BCUT2D eigenvalue weighted by molar-refractivity contribution is 9.10. The van der Waals surface area contributed by atoms with Crippen molar-refractivity contribution in [3.8, 4) is 11.5 Å². The molecule has 3 aromatic rings. The number of nitrogens with one attached hydrogen (secondary N) is 1. The Balaban J connectivity index is 1.65. The lowest BCUT2D eigenvalue weighted by atomic mass is 9.98. The van der Waals surface area contributed by atoms with Crippen LogP contribution < -0.4 is 20.5 Å². The molecule has 3 N–H and O–H groups in total. The summed E-state index contributed by atoms with van der Waals surface area (Å²) >= 11 is 3.24. The van der Waals surface area contributed by atoms with Crippen LogP contribution in [0.1, 0.15) is 12.8 Å². The van der Waals surface area contributed by atoms with Crippen LogP contribution in [0.25, 0.3) is 10.9 Å². The fraction of sp³-hybridized carbons (Fsp3) is 0.250. The predicted molar refractivity (Wildman–Crippen MR) is 132 cm³/mol. The molecule has 4 rings (SSSR count). The number of nitrogens with two attached hydrogens (primary N) is 1. The first-order valence-electron chi connectivity index (χ1n) is 10.7. The van der Waals surface area contributed by atoms with Gasteiger partial charge in [-0.3, -0.25) is 9.59 Å². The van der Waals surface area contributed by atoms with E-state index in [0.29, 0.717) is 39.1 Å². The fourth-order valence-electron chi connectivity index (χ4n) is 4.00. The summed E-state index contributed by atoms with van der Waals surface area (Å²) in [6.45, 7) is 3.77. The highest BCUT2D eigenvalue weighted by Gasteiger charge is 2.35. The topological polar surface area (TPSA) is 120 Å². The second kappa shape index (κ2) is 10.3. The van der Waals surface area contributed by atoms with E-state index >= 15 is 0 Å². The quantitative estimate of drug-likeness (QED) is 0.436. The van der Waals surface area contributed by atoms with Crippen molar-refractivity contribution < 1.29 is 23.5 Å². The molecule has 2 amide bonds. The molecule has 2 heterocycles. The number of aromatic nitrogens is 2. The Labute approximate surface area is 209 Å². The van der Waals surface area contributed by atoms with Gasteiger partial charge in [-0.2, -0.15) is 0 Å². The summed E-state index contributed by atoms with van der Waals surface area (Å²) in [7, 11) is 1.50. The van der Waals surface area contributed by atoms with Crippen LogP contribution >= 0.6 is 15.9 Å². The van der Waals surface area contributed by atoms with Gasteiger partial charge in [-0.1, -0.05) is 22.5 Å². The number of halogens is 2. The number of hydrogen-bond acceptors (Lipinski definition) is 7. The Morgan fingerprint density at radius 3 is 2.77 bits per heavy atom. The number of methoxy groups -OCH3 is 1. The Bertz CT molecular complexity index is 1300. The van der Waals surface area contributed by atoms with Crippen molar-refractivity contribution in [3.05, 3.63) is 59.6 Å². The minimum atomic E-state index is -0.813. The van der Waals surface area contributed by atoms with Crippen molar-refractivity contribution in [1.82, 2.24) is 14.9 Å². The first-order chi connectivity index (χ1) is 16.8. The largest absolute Gasteiger partial charge is 0.493 e. The molecule has 0 radical (unpaired) electrons. The summed E-state index contributed by atoms with van der Waals surface area (Å²) in [6, 6.07) is 7.24. The van der Waals surface area contributed by atoms with Crippen LogP contribution in [0.3, 0.4) is 0 Å². The zero-order valence-corrected chi connectivity index (χ0v) is 20.4. The van der Waals surface area contributed by atoms with Crippen molar-refractivity contribution in [1.29, 1.82) is 0 Å². The van der Waals surface area contributed by atoms with E-state index < -0.39 is 23.9 Å². The highest BCUT2D eigenvalue weighted by Crippen LogP contribution is 2.37. The number of piperidine rings is 1. The number of nitrogens with zero attached hydrogens (tertiary/aromatic N) is 3. The molecule has 182 valence electrons. The summed E-state index contributed by atoms with van der Waals surface area (Å²) in [5.74, 6) is -0.221. The molecule has 1 aliphatic rings. The zero-order valence-electron chi connectivity index (χ0n) is 18.8. The van der Waals surface area contributed by atoms with Gasteiger partial charge in [-0.25, -0.2) is 14.4 Å². The smallest absolute Gasteiger partial charge is 0.246 e. The molecule has 0 saturated carbocycles. The lowest BCUT2D eigenvalue weighted by Gasteiger charge is -2.37. The molecule has 11 heteroatoms. The zero-order chi connectivity index (χ0) is 25.1. The molecule has 2 unspecified atom stereocenters. The van der Waals surface area contributed by atoms with E-state index in [-0.39, 0.29) is 24.6 Å². The van der Waals surface area contributed by atoms with E-state index in [1.165, 1.54) is 24.4 Å². The van der Waals surface area contributed by atoms with Gasteiger partial charge >= 0.3 is 0 Å². The molecule has 0 spiro atoms. The van der Waals surface area contributed by atoms with Crippen molar-refractivity contribution in [3.63, 3.8) is 0 Å². The minimum absolute atomic E-state index is 0.219. The van der Waals surface area contributed by atoms with Crippen LogP contribution in [0, 0.1) is 5.82 Å². The molecule has 1 aliphatic heterocycles. The predicted octanol–water partition coefficient (Wildman–Crippen LogP) is 3.69. The van der Waals surface area contributed by atoms with Crippen LogP contribution in [-0.2, 0) is 9.59 Å². The molecule has 9 nitrogen and oxygen atoms in total. The fourth-order valence-corrected chi connectivity index (χ4v) is 4.34. The first kappa shape index (κ1) is 24.4. The third kappa shape index (κ3) is 5.19. The van der Waals surface area contributed by atoms with E-state index in [2.05, 4.69) is 37.8 Å². The summed E-state index contributed by atoms with van der Waals surface area (Å²) in [6.07, 6.45) is 2.82. The van der Waals surface area contributed by atoms with Crippen LogP contribution in [-0.4, -0.2) is 52.5 Å². The van der Waals surface area contributed by atoms with Gasteiger partial charge in [0.25, 0.3) is 0 Å². The highest BCUT2D eigenvalue weighted by atomic mass is 79.9. The van der Waals surface area contributed by atoms with E-state index in [1.807, 2.05) is 0 Å². The van der Waals surface area contributed by atoms with Gasteiger partial charge in [0.1, 0.15) is 30.1 Å². The Morgan fingerprint density at radius 1 is 1.29 bits per heavy atom. The number of anilines is 2. The Hall–Kier alpha value is -3.73. The van der Waals surface area contributed by atoms with Gasteiger partial charge in [0.2, 0.25) is 11.8 Å². The molecule has 0 aliphatic carbocycles. The molecular formula is C24H23BrFN5O4.